The van der Waals surface area contributed by atoms with Gasteiger partial charge in [0.15, 0.2) is 5.78 Å². The molecule has 0 radical (unpaired) electrons. The first-order chi connectivity index (χ1) is 14.2. The number of amides is 1. The molecule has 0 aliphatic heterocycles. The van der Waals surface area contributed by atoms with Crippen LogP contribution < -0.4 is 0 Å². The number of nitrogens with zero attached hydrogens (tertiary/aromatic N) is 1. The molecule has 1 unspecified atom stereocenters. The minimum Gasteiger partial charge on any atom is -0.461 e. The maximum Gasteiger partial charge on any atom is 0.355 e. The molecule has 0 aliphatic rings. The number of H-pyrrole nitrogens is 1. The van der Waals surface area contributed by atoms with Crippen molar-refractivity contribution in [1.29, 1.82) is 0 Å². The molecule has 1 aromatic heterocycles. The number of nitrogens with one attached hydrogen (secondary N) is 1. The molecule has 1 atom stereocenters. The van der Waals surface area contributed by atoms with Crippen LogP contribution in [0.15, 0.2) is 24.3 Å². The summed E-state index contributed by atoms with van der Waals surface area (Å²) in [6.07, 6.45) is 0. The van der Waals surface area contributed by atoms with Gasteiger partial charge in [-0.1, -0.05) is 12.1 Å². The third-order valence-corrected chi connectivity index (χ3v) is 4.91. The third kappa shape index (κ3) is 4.76. The standard InChI is InChI=1S/C22H27FN2O5/c1-6-30-22(28)19-13(2)18(14(3)24-19)20(26)15(4)25(11-12-29-5)21(27)16-9-7-8-10-17(16)23/h7-10,15,24H,6,11-12H2,1-5H3. The maximum atomic E-state index is 14.2. The minimum absolute atomic E-state index is 0.101. The van der Waals surface area contributed by atoms with Crippen LogP contribution in [-0.4, -0.2) is 60.5 Å². The van der Waals surface area contributed by atoms with Gasteiger partial charge in [0.2, 0.25) is 0 Å². The van der Waals surface area contributed by atoms with Crippen LogP contribution in [0.5, 0.6) is 0 Å². The number of hydrogen-bond acceptors (Lipinski definition) is 5. The normalized spacial score (nSPS) is 11.8. The Morgan fingerprint density at radius 3 is 2.47 bits per heavy atom. The van der Waals surface area contributed by atoms with Gasteiger partial charge in [-0.25, -0.2) is 9.18 Å². The Balaban J connectivity index is 2.40. The van der Waals surface area contributed by atoms with Crippen LogP contribution in [0.1, 0.15) is 56.3 Å². The number of carbonyl (C=O) groups is 3. The Morgan fingerprint density at radius 1 is 1.20 bits per heavy atom. The van der Waals surface area contributed by atoms with E-state index in [1.165, 1.54) is 30.2 Å². The van der Waals surface area contributed by atoms with Crippen molar-refractivity contribution in [2.75, 3.05) is 26.9 Å². The lowest BCUT2D eigenvalue weighted by molar-refractivity contribution is 0.0518. The number of rotatable bonds is 9. The Bertz CT molecular complexity index is 938. The van der Waals surface area contributed by atoms with Crippen molar-refractivity contribution >= 4 is 17.7 Å². The van der Waals surface area contributed by atoms with Crippen molar-refractivity contribution in [1.82, 2.24) is 9.88 Å². The predicted molar refractivity (Wildman–Crippen MR) is 109 cm³/mol. The van der Waals surface area contributed by atoms with Gasteiger partial charge in [0.25, 0.3) is 5.91 Å². The molecule has 0 saturated carbocycles. The second kappa shape index (κ2) is 10.2. The van der Waals surface area contributed by atoms with E-state index < -0.39 is 23.7 Å². The van der Waals surface area contributed by atoms with Gasteiger partial charge in [0, 0.05) is 24.9 Å². The number of halogens is 1. The van der Waals surface area contributed by atoms with E-state index in [1.54, 1.807) is 33.8 Å². The molecule has 0 aliphatic carbocycles. The number of aromatic amines is 1. The van der Waals surface area contributed by atoms with Crippen LogP contribution in [-0.2, 0) is 9.47 Å². The Labute approximate surface area is 175 Å². The minimum atomic E-state index is -0.907. The van der Waals surface area contributed by atoms with E-state index in [0.29, 0.717) is 16.8 Å². The van der Waals surface area contributed by atoms with E-state index in [1.807, 2.05) is 0 Å². The van der Waals surface area contributed by atoms with Crippen LogP contribution >= 0.6 is 0 Å². The smallest absolute Gasteiger partial charge is 0.355 e. The Kier molecular flexibility index (Phi) is 7.88. The quantitative estimate of drug-likeness (QED) is 0.499. The molecule has 1 heterocycles. The molecule has 1 aromatic carbocycles. The highest BCUT2D eigenvalue weighted by atomic mass is 19.1. The molecule has 0 fully saturated rings. The SMILES string of the molecule is CCOC(=O)c1[nH]c(C)c(C(=O)C(C)N(CCOC)C(=O)c2ccccc2F)c1C. The van der Waals surface area contributed by atoms with Gasteiger partial charge < -0.3 is 19.4 Å². The topological polar surface area (TPSA) is 88.7 Å². The second-order valence-corrected chi connectivity index (χ2v) is 6.86. The lowest BCUT2D eigenvalue weighted by atomic mass is 9.99. The van der Waals surface area contributed by atoms with E-state index in [0.717, 1.165) is 0 Å². The Hall–Kier alpha value is -3.00. The van der Waals surface area contributed by atoms with Crippen LogP contribution in [0.4, 0.5) is 4.39 Å². The summed E-state index contributed by atoms with van der Waals surface area (Å²) in [5, 5.41) is 0. The molecule has 30 heavy (non-hydrogen) atoms. The maximum absolute atomic E-state index is 14.2. The number of carbonyl (C=O) groups excluding carboxylic acids is 3. The summed E-state index contributed by atoms with van der Waals surface area (Å²) in [6, 6.07) is 4.71. The summed E-state index contributed by atoms with van der Waals surface area (Å²) in [4.78, 5) is 42.6. The zero-order valence-corrected chi connectivity index (χ0v) is 17.9. The van der Waals surface area contributed by atoms with Crippen molar-refractivity contribution in [3.8, 4) is 0 Å². The van der Waals surface area contributed by atoms with E-state index >= 15 is 0 Å². The molecule has 0 spiro atoms. The summed E-state index contributed by atoms with van der Waals surface area (Å²) in [7, 11) is 1.48. The fraction of sp³-hybridized carbons (Fsp3) is 0.409. The lowest BCUT2D eigenvalue weighted by Crippen LogP contribution is -2.45. The largest absolute Gasteiger partial charge is 0.461 e. The molecule has 7 nitrogen and oxygen atoms in total. The Morgan fingerprint density at radius 2 is 1.87 bits per heavy atom. The molecular weight excluding hydrogens is 391 g/mol. The van der Waals surface area contributed by atoms with Gasteiger partial charge >= 0.3 is 5.97 Å². The van der Waals surface area contributed by atoms with Gasteiger partial charge in [-0.3, -0.25) is 9.59 Å². The molecule has 0 bridgehead atoms. The number of benzene rings is 1. The average Bonchev–Trinajstić information content (AvgIpc) is 3.02. The van der Waals surface area contributed by atoms with Gasteiger partial charge in [-0.05, 0) is 45.4 Å². The van der Waals surface area contributed by atoms with Crippen molar-refractivity contribution in [3.63, 3.8) is 0 Å². The van der Waals surface area contributed by atoms with Gasteiger partial charge in [-0.15, -0.1) is 0 Å². The number of aromatic nitrogens is 1. The fourth-order valence-electron chi connectivity index (χ4n) is 3.33. The number of ketones is 1. The van der Waals surface area contributed by atoms with Crippen molar-refractivity contribution < 1.29 is 28.2 Å². The highest BCUT2D eigenvalue weighted by Crippen LogP contribution is 2.23. The highest BCUT2D eigenvalue weighted by molar-refractivity contribution is 6.07. The van der Waals surface area contributed by atoms with E-state index in [9.17, 15) is 18.8 Å². The number of methoxy groups -OCH3 is 1. The van der Waals surface area contributed by atoms with Crippen molar-refractivity contribution in [3.05, 3.63) is 58.2 Å². The summed E-state index contributed by atoms with van der Waals surface area (Å²) in [6.45, 7) is 7.08. The molecule has 2 aromatic rings. The molecule has 2 rings (SSSR count). The number of esters is 1. The van der Waals surface area contributed by atoms with E-state index in [2.05, 4.69) is 4.98 Å². The number of hydrogen-bond donors (Lipinski definition) is 1. The highest BCUT2D eigenvalue weighted by Gasteiger charge is 2.32. The first-order valence-electron chi connectivity index (χ1n) is 9.69. The molecular formula is C22H27FN2O5. The van der Waals surface area contributed by atoms with E-state index in [-0.39, 0.29) is 36.8 Å². The van der Waals surface area contributed by atoms with Gasteiger partial charge in [0.05, 0.1) is 24.8 Å². The number of ether oxygens (including phenoxy) is 2. The van der Waals surface area contributed by atoms with Crippen LogP contribution in [0.2, 0.25) is 0 Å². The zero-order chi connectivity index (χ0) is 22.4. The third-order valence-electron chi connectivity index (χ3n) is 4.91. The van der Waals surface area contributed by atoms with Gasteiger partial charge in [0.1, 0.15) is 11.5 Å². The molecule has 162 valence electrons. The average molecular weight is 418 g/mol. The second-order valence-electron chi connectivity index (χ2n) is 6.86. The summed E-state index contributed by atoms with van der Waals surface area (Å²) in [5.41, 5.74) is 1.34. The predicted octanol–water partition coefficient (Wildman–Crippen LogP) is 3.31. The van der Waals surface area contributed by atoms with Gasteiger partial charge in [-0.2, -0.15) is 0 Å². The lowest BCUT2D eigenvalue weighted by Gasteiger charge is -2.28. The molecule has 1 amide bonds. The van der Waals surface area contributed by atoms with Crippen molar-refractivity contribution in [2.45, 2.75) is 33.7 Å². The zero-order valence-electron chi connectivity index (χ0n) is 17.9. The first kappa shape index (κ1) is 23.3. The summed E-state index contributed by atoms with van der Waals surface area (Å²) in [5.74, 6) is -2.19. The molecule has 0 saturated heterocycles. The van der Waals surface area contributed by atoms with Crippen LogP contribution in [0.25, 0.3) is 0 Å². The number of aryl methyl sites for hydroxylation is 1. The molecule has 8 heteroatoms. The summed E-state index contributed by atoms with van der Waals surface area (Å²) >= 11 is 0. The fourth-order valence-corrected chi connectivity index (χ4v) is 3.33. The molecule has 1 N–H and O–H groups in total. The first-order valence-corrected chi connectivity index (χ1v) is 9.69. The van der Waals surface area contributed by atoms with Crippen LogP contribution in [0, 0.1) is 19.7 Å². The van der Waals surface area contributed by atoms with E-state index in [4.69, 9.17) is 9.47 Å². The van der Waals surface area contributed by atoms with Crippen molar-refractivity contribution in [2.24, 2.45) is 0 Å². The monoisotopic (exact) mass is 418 g/mol. The van der Waals surface area contributed by atoms with Crippen LogP contribution in [0.3, 0.4) is 0 Å². The number of Topliss-reactive ketones (excluding diaryl/α,β-unsaturated/α-hetero) is 1. The summed E-state index contributed by atoms with van der Waals surface area (Å²) < 4.78 is 24.3.